The summed E-state index contributed by atoms with van der Waals surface area (Å²) in [7, 11) is 1.40. The average Bonchev–Trinajstić information content (AvgIpc) is 3.03. The lowest BCUT2D eigenvalue weighted by atomic mass is 10.1. The van der Waals surface area contributed by atoms with E-state index >= 15 is 0 Å². The molecule has 0 aliphatic carbocycles. The minimum Gasteiger partial charge on any atom is -0.493 e. The number of carbonyl (C=O) groups excluding carboxylic acids is 4. The molecule has 25 heavy (non-hydrogen) atoms. The fourth-order valence-corrected chi connectivity index (χ4v) is 2.02. The van der Waals surface area contributed by atoms with E-state index in [2.05, 4.69) is 4.74 Å². The summed E-state index contributed by atoms with van der Waals surface area (Å²) in [5.41, 5.74) is 0.440. The number of hydrogen-bond donors (Lipinski definition) is 0. The van der Waals surface area contributed by atoms with E-state index < -0.39 is 31.2 Å². The summed E-state index contributed by atoms with van der Waals surface area (Å²) >= 11 is 0. The van der Waals surface area contributed by atoms with Gasteiger partial charge in [-0.2, -0.15) is 0 Å². The first-order chi connectivity index (χ1) is 11.9. The van der Waals surface area contributed by atoms with Gasteiger partial charge in [-0.1, -0.05) is 0 Å². The third-order valence-corrected chi connectivity index (χ3v) is 3.33. The molecule has 0 spiro atoms. The number of ether oxygens (including phenoxy) is 4. The molecule has 0 unspecified atom stereocenters. The van der Waals surface area contributed by atoms with Gasteiger partial charge in [-0.3, -0.25) is 9.59 Å². The van der Waals surface area contributed by atoms with Gasteiger partial charge in [-0.05, 0) is 25.1 Å². The monoisotopic (exact) mass is 351 g/mol. The predicted molar refractivity (Wildman–Crippen MR) is 82.5 cm³/mol. The zero-order chi connectivity index (χ0) is 18.4. The van der Waals surface area contributed by atoms with Crippen LogP contribution in [0.2, 0.25) is 0 Å². The lowest BCUT2D eigenvalue weighted by Crippen LogP contribution is -2.35. The van der Waals surface area contributed by atoms with Gasteiger partial charge in [-0.15, -0.1) is 0 Å². The molecule has 0 bridgehead atoms. The van der Waals surface area contributed by atoms with Gasteiger partial charge in [0.05, 0.1) is 13.7 Å². The number of hydrogen-bond acceptors (Lipinski definition) is 8. The van der Waals surface area contributed by atoms with Gasteiger partial charge in [0.25, 0.3) is 5.91 Å². The Morgan fingerprint density at radius 2 is 1.96 bits per heavy atom. The second-order valence-corrected chi connectivity index (χ2v) is 5.03. The Morgan fingerprint density at radius 1 is 1.20 bits per heavy atom. The van der Waals surface area contributed by atoms with Crippen LogP contribution in [0, 0.1) is 0 Å². The van der Waals surface area contributed by atoms with Crippen LogP contribution in [-0.2, 0) is 19.1 Å². The van der Waals surface area contributed by atoms with Crippen LogP contribution in [0.3, 0.4) is 0 Å². The van der Waals surface area contributed by atoms with Crippen LogP contribution >= 0.6 is 0 Å². The molecule has 9 nitrogen and oxygen atoms in total. The lowest BCUT2D eigenvalue weighted by Gasteiger charge is -2.12. The standard InChI is InChI=1S/C16H17NO8/c1-10(18)11-3-4-12(13(7-11)22-2)24-9-15(20)25-8-14(19)17-5-6-23-16(17)21/h3-4,7H,5-6,8-9H2,1-2H3. The summed E-state index contributed by atoms with van der Waals surface area (Å²) < 4.78 is 19.8. The van der Waals surface area contributed by atoms with Crippen molar-refractivity contribution in [3.8, 4) is 11.5 Å². The summed E-state index contributed by atoms with van der Waals surface area (Å²) in [5.74, 6) is -1.06. The van der Waals surface area contributed by atoms with Gasteiger partial charge < -0.3 is 18.9 Å². The second-order valence-electron chi connectivity index (χ2n) is 5.03. The largest absolute Gasteiger partial charge is 0.493 e. The van der Waals surface area contributed by atoms with E-state index in [0.29, 0.717) is 5.56 Å². The van der Waals surface area contributed by atoms with Gasteiger partial charge in [0.2, 0.25) is 0 Å². The van der Waals surface area contributed by atoms with Crippen molar-refractivity contribution in [1.29, 1.82) is 0 Å². The topological polar surface area (TPSA) is 108 Å². The molecule has 0 atom stereocenters. The molecule has 1 aromatic carbocycles. The zero-order valence-electron chi connectivity index (χ0n) is 13.8. The normalized spacial score (nSPS) is 13.2. The van der Waals surface area contributed by atoms with Gasteiger partial charge in [0.1, 0.15) is 6.61 Å². The van der Waals surface area contributed by atoms with Crippen molar-refractivity contribution >= 4 is 23.8 Å². The smallest absolute Gasteiger partial charge is 0.416 e. The molecule has 0 aromatic heterocycles. The first-order valence-electron chi connectivity index (χ1n) is 7.37. The quantitative estimate of drug-likeness (QED) is 0.524. The Labute approximate surface area is 143 Å². The highest BCUT2D eigenvalue weighted by Gasteiger charge is 2.28. The van der Waals surface area contributed by atoms with Crippen molar-refractivity contribution in [2.45, 2.75) is 6.92 Å². The minimum absolute atomic E-state index is 0.123. The molecular weight excluding hydrogens is 334 g/mol. The molecule has 9 heteroatoms. The number of carbonyl (C=O) groups is 4. The number of rotatable bonds is 7. The van der Waals surface area contributed by atoms with Crippen molar-refractivity contribution in [2.75, 3.05) is 33.5 Å². The number of methoxy groups -OCH3 is 1. The number of benzene rings is 1. The van der Waals surface area contributed by atoms with Gasteiger partial charge in [0.15, 0.2) is 30.5 Å². The highest BCUT2D eigenvalue weighted by atomic mass is 16.6. The maximum absolute atomic E-state index is 11.7. The molecule has 2 rings (SSSR count). The van der Waals surface area contributed by atoms with Crippen molar-refractivity contribution in [1.82, 2.24) is 4.90 Å². The fourth-order valence-electron chi connectivity index (χ4n) is 2.02. The Bertz CT molecular complexity index is 699. The number of esters is 1. The first kappa shape index (κ1) is 18.2. The van der Waals surface area contributed by atoms with E-state index in [4.69, 9.17) is 14.2 Å². The summed E-state index contributed by atoms with van der Waals surface area (Å²) in [6.45, 7) is 0.619. The van der Waals surface area contributed by atoms with Gasteiger partial charge in [0, 0.05) is 5.56 Å². The van der Waals surface area contributed by atoms with Crippen LogP contribution in [0.4, 0.5) is 4.79 Å². The number of cyclic esters (lactones) is 1. The first-order valence-corrected chi connectivity index (χ1v) is 7.37. The van der Waals surface area contributed by atoms with Crippen LogP contribution in [0.1, 0.15) is 17.3 Å². The van der Waals surface area contributed by atoms with Crippen LogP contribution in [0.15, 0.2) is 18.2 Å². The highest BCUT2D eigenvalue weighted by molar-refractivity contribution is 5.95. The SMILES string of the molecule is COc1cc(C(C)=O)ccc1OCC(=O)OCC(=O)N1CCOC1=O. The molecule has 1 saturated heterocycles. The van der Waals surface area contributed by atoms with Gasteiger partial charge >= 0.3 is 12.1 Å². The summed E-state index contributed by atoms with van der Waals surface area (Å²) in [6.07, 6.45) is -0.757. The van der Waals surface area contributed by atoms with Crippen molar-refractivity contribution in [3.63, 3.8) is 0 Å². The Kier molecular flexibility index (Phi) is 5.93. The van der Waals surface area contributed by atoms with E-state index in [9.17, 15) is 19.2 Å². The Hall–Kier alpha value is -3.10. The van der Waals surface area contributed by atoms with E-state index in [0.717, 1.165) is 4.90 Å². The predicted octanol–water partition coefficient (Wildman–Crippen LogP) is 0.799. The van der Waals surface area contributed by atoms with Crippen LogP contribution in [0.5, 0.6) is 11.5 Å². The Balaban J connectivity index is 1.84. The lowest BCUT2D eigenvalue weighted by molar-refractivity contribution is -0.152. The van der Waals surface area contributed by atoms with Gasteiger partial charge in [-0.25, -0.2) is 14.5 Å². The molecular formula is C16H17NO8. The van der Waals surface area contributed by atoms with E-state index in [-0.39, 0.29) is 30.4 Å². The molecule has 0 radical (unpaired) electrons. The molecule has 2 amide bonds. The molecule has 1 aromatic rings. The summed E-state index contributed by atoms with van der Waals surface area (Å²) in [6, 6.07) is 4.52. The van der Waals surface area contributed by atoms with Crippen LogP contribution in [0.25, 0.3) is 0 Å². The number of Topliss-reactive ketones (excluding diaryl/α,β-unsaturated/α-hetero) is 1. The number of imide groups is 1. The number of ketones is 1. The van der Waals surface area contributed by atoms with E-state index in [1.54, 1.807) is 0 Å². The average molecular weight is 351 g/mol. The summed E-state index contributed by atoms with van der Waals surface area (Å²) in [4.78, 5) is 46.7. The molecule has 1 fully saturated rings. The molecule has 0 saturated carbocycles. The van der Waals surface area contributed by atoms with E-state index in [1.165, 1.54) is 32.2 Å². The second kappa shape index (κ2) is 8.13. The van der Waals surface area contributed by atoms with Crippen molar-refractivity contribution in [2.24, 2.45) is 0 Å². The minimum atomic E-state index is -0.793. The van der Waals surface area contributed by atoms with Crippen molar-refractivity contribution < 1.29 is 38.1 Å². The molecule has 1 heterocycles. The van der Waals surface area contributed by atoms with Crippen LogP contribution in [-0.4, -0.2) is 62.1 Å². The third-order valence-electron chi connectivity index (χ3n) is 3.33. The summed E-state index contributed by atoms with van der Waals surface area (Å²) in [5, 5.41) is 0. The number of nitrogens with zero attached hydrogens (tertiary/aromatic N) is 1. The Morgan fingerprint density at radius 3 is 2.56 bits per heavy atom. The molecule has 1 aliphatic rings. The zero-order valence-corrected chi connectivity index (χ0v) is 13.8. The van der Waals surface area contributed by atoms with E-state index in [1.807, 2.05) is 0 Å². The number of amides is 2. The van der Waals surface area contributed by atoms with Crippen molar-refractivity contribution in [3.05, 3.63) is 23.8 Å². The molecule has 1 aliphatic heterocycles. The highest BCUT2D eigenvalue weighted by Crippen LogP contribution is 2.28. The molecule has 0 N–H and O–H groups in total. The fraction of sp³-hybridized carbons (Fsp3) is 0.375. The maximum Gasteiger partial charge on any atom is 0.416 e. The third kappa shape index (κ3) is 4.69. The molecule has 134 valence electrons. The maximum atomic E-state index is 11.7. The van der Waals surface area contributed by atoms with Crippen LogP contribution < -0.4 is 9.47 Å².